The first-order valence-corrected chi connectivity index (χ1v) is 8.10. The zero-order chi connectivity index (χ0) is 19.5. The van der Waals surface area contributed by atoms with Crippen molar-refractivity contribution in [2.75, 3.05) is 0 Å². The van der Waals surface area contributed by atoms with Gasteiger partial charge < -0.3 is 13.3 Å². The molecule has 0 unspecified atom stereocenters. The van der Waals surface area contributed by atoms with Crippen LogP contribution >= 0.6 is 0 Å². The number of non-ortho nitro benzene ring substituents is 1. The van der Waals surface area contributed by atoms with E-state index in [1.807, 2.05) is 0 Å². The highest BCUT2D eigenvalue weighted by Crippen LogP contribution is 2.42. The van der Waals surface area contributed by atoms with Crippen molar-refractivity contribution in [1.29, 1.82) is 5.26 Å². The molecule has 0 amide bonds. The molecule has 3 aromatic heterocycles. The summed E-state index contributed by atoms with van der Waals surface area (Å²) in [7, 11) is 0. The Bertz CT molecular complexity index is 1200. The van der Waals surface area contributed by atoms with E-state index in [1.165, 1.54) is 30.9 Å². The van der Waals surface area contributed by atoms with E-state index in [4.69, 9.17) is 13.3 Å². The highest BCUT2D eigenvalue weighted by Gasteiger charge is 2.26. The van der Waals surface area contributed by atoms with Crippen LogP contribution in [0.15, 0.2) is 79.3 Å². The molecule has 0 aliphatic carbocycles. The third kappa shape index (κ3) is 3.08. The summed E-state index contributed by atoms with van der Waals surface area (Å²) >= 11 is 0. The molecule has 1 aromatic carbocycles. The van der Waals surface area contributed by atoms with Gasteiger partial charge in [-0.15, -0.1) is 0 Å². The molecule has 0 radical (unpaired) electrons. The number of nitro benzene ring substituents is 1. The normalized spacial score (nSPS) is 11.0. The van der Waals surface area contributed by atoms with Crippen molar-refractivity contribution in [3.05, 3.63) is 82.3 Å². The second-order valence-corrected chi connectivity index (χ2v) is 5.66. The first kappa shape index (κ1) is 17.1. The van der Waals surface area contributed by atoms with Gasteiger partial charge in [-0.1, -0.05) is 12.1 Å². The maximum absolute atomic E-state index is 10.9. The summed E-state index contributed by atoms with van der Waals surface area (Å²) in [5.74, 6) is 1.21. The number of nitriles is 1. The lowest BCUT2D eigenvalue weighted by Crippen LogP contribution is -1.89. The minimum absolute atomic E-state index is 0.0480. The zero-order valence-corrected chi connectivity index (χ0v) is 14.2. The van der Waals surface area contributed by atoms with Gasteiger partial charge in [0.15, 0.2) is 11.5 Å². The Morgan fingerprint density at radius 2 is 1.82 bits per heavy atom. The number of rotatable bonds is 5. The Balaban J connectivity index is 1.82. The molecule has 136 valence electrons. The van der Waals surface area contributed by atoms with Gasteiger partial charge in [0.2, 0.25) is 5.88 Å². The van der Waals surface area contributed by atoms with E-state index in [-0.39, 0.29) is 17.1 Å². The maximum atomic E-state index is 10.9. The van der Waals surface area contributed by atoms with Gasteiger partial charge in [0.25, 0.3) is 5.69 Å². The Morgan fingerprint density at radius 1 is 1.07 bits per heavy atom. The van der Waals surface area contributed by atoms with Crippen LogP contribution in [0.3, 0.4) is 0 Å². The number of hydrogen-bond acceptors (Lipinski definition) is 7. The van der Waals surface area contributed by atoms with Crippen molar-refractivity contribution in [3.63, 3.8) is 0 Å². The van der Waals surface area contributed by atoms with E-state index in [9.17, 15) is 15.4 Å². The van der Waals surface area contributed by atoms with Crippen LogP contribution in [-0.4, -0.2) is 11.1 Å². The van der Waals surface area contributed by atoms with Crippen LogP contribution in [0.5, 0.6) is 0 Å². The monoisotopic (exact) mass is 373 g/mol. The summed E-state index contributed by atoms with van der Waals surface area (Å²) < 4.78 is 16.6. The molecule has 0 saturated heterocycles. The van der Waals surface area contributed by atoms with E-state index >= 15 is 0 Å². The number of benzene rings is 1. The molecule has 8 nitrogen and oxygen atoms in total. The SMILES string of the molecule is N#Cc1c(/N=C/c2cccc([N+](=O)[O-])c2)oc(-c2ccco2)c1-c1ccco1. The lowest BCUT2D eigenvalue weighted by Gasteiger charge is -1.96. The van der Waals surface area contributed by atoms with Gasteiger partial charge in [0, 0.05) is 18.3 Å². The van der Waals surface area contributed by atoms with Gasteiger partial charge in [0.05, 0.1) is 23.0 Å². The summed E-state index contributed by atoms with van der Waals surface area (Å²) in [5, 5.41) is 20.6. The van der Waals surface area contributed by atoms with E-state index in [1.54, 1.807) is 36.4 Å². The average molecular weight is 373 g/mol. The molecular weight excluding hydrogens is 362 g/mol. The number of furan rings is 3. The predicted octanol–water partition coefficient (Wildman–Crippen LogP) is 5.33. The third-order valence-corrected chi connectivity index (χ3v) is 3.93. The van der Waals surface area contributed by atoms with Crippen molar-refractivity contribution >= 4 is 17.8 Å². The van der Waals surface area contributed by atoms with Gasteiger partial charge in [-0.05, 0) is 29.8 Å². The first-order chi connectivity index (χ1) is 13.7. The molecule has 0 fully saturated rings. The van der Waals surface area contributed by atoms with Gasteiger partial charge in [-0.2, -0.15) is 5.26 Å². The number of aliphatic imine (C=N–C) groups is 1. The molecule has 0 saturated carbocycles. The highest BCUT2D eigenvalue weighted by atomic mass is 16.6. The van der Waals surface area contributed by atoms with Crippen molar-refractivity contribution in [3.8, 4) is 28.9 Å². The molecular formula is C20H11N3O5. The second kappa shape index (κ2) is 7.09. The van der Waals surface area contributed by atoms with Crippen LogP contribution in [0, 0.1) is 21.4 Å². The Labute approximate surface area is 158 Å². The summed E-state index contributed by atoms with van der Waals surface area (Å²) in [6, 6.07) is 14.8. The molecule has 28 heavy (non-hydrogen) atoms. The Kier molecular flexibility index (Phi) is 4.32. The Hall–Kier alpha value is -4.38. The molecule has 0 N–H and O–H groups in total. The third-order valence-electron chi connectivity index (χ3n) is 3.93. The Morgan fingerprint density at radius 3 is 2.46 bits per heavy atom. The number of hydrogen-bond donors (Lipinski definition) is 0. The van der Waals surface area contributed by atoms with Crippen LogP contribution in [0.4, 0.5) is 11.6 Å². The topological polar surface area (TPSA) is 119 Å². The number of nitrogens with zero attached hydrogens (tertiary/aromatic N) is 3. The fourth-order valence-electron chi connectivity index (χ4n) is 2.70. The first-order valence-electron chi connectivity index (χ1n) is 8.10. The summed E-state index contributed by atoms with van der Waals surface area (Å²) in [6.07, 6.45) is 4.37. The molecule has 4 rings (SSSR count). The van der Waals surface area contributed by atoms with E-state index < -0.39 is 4.92 Å². The lowest BCUT2D eigenvalue weighted by molar-refractivity contribution is -0.384. The predicted molar refractivity (Wildman–Crippen MR) is 99.2 cm³/mol. The van der Waals surface area contributed by atoms with Crippen LogP contribution < -0.4 is 0 Å². The van der Waals surface area contributed by atoms with E-state index in [0.717, 1.165) is 0 Å². The van der Waals surface area contributed by atoms with Crippen LogP contribution in [-0.2, 0) is 0 Å². The van der Waals surface area contributed by atoms with Crippen molar-refractivity contribution in [2.24, 2.45) is 4.99 Å². The molecule has 0 spiro atoms. The fourth-order valence-corrected chi connectivity index (χ4v) is 2.70. The summed E-state index contributed by atoms with van der Waals surface area (Å²) in [4.78, 5) is 14.7. The highest BCUT2D eigenvalue weighted by molar-refractivity contribution is 5.87. The molecule has 0 aliphatic rings. The minimum Gasteiger partial charge on any atom is -0.464 e. The largest absolute Gasteiger partial charge is 0.464 e. The minimum atomic E-state index is -0.491. The molecule has 0 aliphatic heterocycles. The van der Waals surface area contributed by atoms with Gasteiger partial charge >= 0.3 is 0 Å². The second-order valence-electron chi connectivity index (χ2n) is 5.66. The quantitative estimate of drug-likeness (QED) is 0.265. The molecule has 4 aromatic rings. The lowest BCUT2D eigenvalue weighted by atomic mass is 10.1. The van der Waals surface area contributed by atoms with Crippen LogP contribution in [0.25, 0.3) is 22.8 Å². The maximum Gasteiger partial charge on any atom is 0.270 e. The zero-order valence-electron chi connectivity index (χ0n) is 14.2. The summed E-state index contributed by atoms with van der Waals surface area (Å²) in [6.45, 7) is 0. The van der Waals surface area contributed by atoms with Gasteiger partial charge in [-0.25, -0.2) is 4.99 Å². The molecule has 0 bridgehead atoms. The molecule has 8 heteroatoms. The van der Waals surface area contributed by atoms with Crippen molar-refractivity contribution in [2.45, 2.75) is 0 Å². The summed E-state index contributed by atoms with van der Waals surface area (Å²) in [5.41, 5.74) is 1.03. The van der Waals surface area contributed by atoms with Crippen molar-refractivity contribution < 1.29 is 18.2 Å². The molecule has 0 atom stereocenters. The average Bonchev–Trinajstić information content (AvgIpc) is 3.46. The van der Waals surface area contributed by atoms with Gasteiger partial charge in [0.1, 0.15) is 17.4 Å². The fraction of sp³-hybridized carbons (Fsp3) is 0. The smallest absolute Gasteiger partial charge is 0.270 e. The molecule has 3 heterocycles. The van der Waals surface area contributed by atoms with Crippen LogP contribution in [0.2, 0.25) is 0 Å². The van der Waals surface area contributed by atoms with Gasteiger partial charge in [-0.3, -0.25) is 10.1 Å². The van der Waals surface area contributed by atoms with Crippen molar-refractivity contribution in [1.82, 2.24) is 0 Å². The van der Waals surface area contributed by atoms with E-state index in [2.05, 4.69) is 11.1 Å². The van der Waals surface area contributed by atoms with Crippen LogP contribution in [0.1, 0.15) is 11.1 Å². The number of nitro groups is 1. The van der Waals surface area contributed by atoms with E-state index in [0.29, 0.717) is 28.4 Å². The standard InChI is InChI=1S/C20H11N3O5/c21-11-15-18(16-6-2-8-26-16)19(17-7-3-9-27-17)28-20(15)22-12-13-4-1-5-14(10-13)23(24)25/h1-10,12H/b22-12+.